The maximum Gasteiger partial charge on any atom is 0.132 e. The van der Waals surface area contributed by atoms with E-state index in [-0.39, 0.29) is 0 Å². The molecule has 15 heavy (non-hydrogen) atoms. The van der Waals surface area contributed by atoms with E-state index in [2.05, 4.69) is 28.5 Å². The van der Waals surface area contributed by atoms with Crippen molar-refractivity contribution in [1.29, 1.82) is 0 Å². The molecule has 0 bridgehead atoms. The molecule has 1 unspecified atom stereocenters. The van der Waals surface area contributed by atoms with Crippen molar-refractivity contribution in [2.45, 2.75) is 19.4 Å². The lowest BCUT2D eigenvalue weighted by Gasteiger charge is -2.09. The molecule has 0 fully saturated rings. The SMILES string of the molecule is CNC(C)Cc1cccc2c(Cl)[nH]nc12. The van der Waals surface area contributed by atoms with Gasteiger partial charge in [0.2, 0.25) is 0 Å². The molecule has 2 rings (SSSR count). The van der Waals surface area contributed by atoms with Gasteiger partial charge in [-0.05, 0) is 32.0 Å². The van der Waals surface area contributed by atoms with Gasteiger partial charge >= 0.3 is 0 Å². The molecular weight excluding hydrogens is 210 g/mol. The standard InChI is InChI=1S/C11H14ClN3/c1-7(13-2)6-8-4-3-5-9-10(8)14-15-11(9)12/h3-5,7,13H,6H2,1-2H3,(H,14,15). The third-order valence-electron chi connectivity index (χ3n) is 2.64. The molecule has 0 aliphatic heterocycles. The van der Waals surface area contributed by atoms with E-state index in [1.807, 2.05) is 19.2 Å². The van der Waals surface area contributed by atoms with Crippen LogP contribution in [-0.4, -0.2) is 23.3 Å². The quantitative estimate of drug-likeness (QED) is 0.839. The van der Waals surface area contributed by atoms with Crippen molar-refractivity contribution in [2.75, 3.05) is 7.05 Å². The molecule has 1 aromatic heterocycles. The van der Waals surface area contributed by atoms with Crippen LogP contribution in [0.2, 0.25) is 5.15 Å². The zero-order valence-corrected chi connectivity index (χ0v) is 9.60. The molecule has 0 aliphatic carbocycles. The molecule has 0 amide bonds. The lowest BCUT2D eigenvalue weighted by Crippen LogP contribution is -2.23. The van der Waals surface area contributed by atoms with E-state index in [1.54, 1.807) is 0 Å². The number of likely N-dealkylation sites (N-methyl/N-ethyl adjacent to an activating group) is 1. The second-order valence-corrected chi connectivity index (χ2v) is 4.12. The Bertz CT molecular complexity index is 464. The summed E-state index contributed by atoms with van der Waals surface area (Å²) < 4.78 is 0. The Kier molecular flexibility index (Phi) is 2.93. The number of benzene rings is 1. The summed E-state index contributed by atoms with van der Waals surface area (Å²) in [6, 6.07) is 6.52. The fourth-order valence-corrected chi connectivity index (χ4v) is 1.86. The van der Waals surface area contributed by atoms with Gasteiger partial charge in [-0.15, -0.1) is 0 Å². The van der Waals surface area contributed by atoms with Crippen LogP contribution >= 0.6 is 11.6 Å². The third kappa shape index (κ3) is 1.98. The number of halogens is 1. The summed E-state index contributed by atoms with van der Waals surface area (Å²) in [6.45, 7) is 2.15. The molecule has 0 saturated carbocycles. The van der Waals surface area contributed by atoms with Crippen molar-refractivity contribution in [3.05, 3.63) is 28.9 Å². The van der Waals surface area contributed by atoms with Crippen LogP contribution in [0.3, 0.4) is 0 Å². The zero-order chi connectivity index (χ0) is 10.8. The Morgan fingerprint density at radius 2 is 2.33 bits per heavy atom. The highest BCUT2D eigenvalue weighted by atomic mass is 35.5. The lowest BCUT2D eigenvalue weighted by atomic mass is 10.0. The Hall–Kier alpha value is -1.06. The van der Waals surface area contributed by atoms with Gasteiger partial charge in [0.1, 0.15) is 5.15 Å². The molecule has 0 saturated heterocycles. The van der Waals surface area contributed by atoms with Crippen LogP contribution in [0.4, 0.5) is 0 Å². The van der Waals surface area contributed by atoms with Gasteiger partial charge in [-0.25, -0.2) is 0 Å². The highest BCUT2D eigenvalue weighted by Gasteiger charge is 2.09. The first-order valence-electron chi connectivity index (χ1n) is 5.01. The normalized spacial score (nSPS) is 13.3. The Balaban J connectivity index is 2.43. The summed E-state index contributed by atoms with van der Waals surface area (Å²) in [5.74, 6) is 0. The van der Waals surface area contributed by atoms with Crippen molar-refractivity contribution in [3.63, 3.8) is 0 Å². The lowest BCUT2D eigenvalue weighted by molar-refractivity contribution is 0.610. The van der Waals surface area contributed by atoms with E-state index in [9.17, 15) is 0 Å². The Labute approximate surface area is 93.8 Å². The number of nitrogens with one attached hydrogen (secondary N) is 2. The molecule has 3 nitrogen and oxygen atoms in total. The Morgan fingerprint density at radius 1 is 1.53 bits per heavy atom. The number of H-pyrrole nitrogens is 1. The van der Waals surface area contributed by atoms with E-state index in [1.165, 1.54) is 5.56 Å². The van der Waals surface area contributed by atoms with Crippen LogP contribution in [0.5, 0.6) is 0 Å². The topological polar surface area (TPSA) is 40.7 Å². The molecule has 2 N–H and O–H groups in total. The smallest absolute Gasteiger partial charge is 0.132 e. The second kappa shape index (κ2) is 4.21. The summed E-state index contributed by atoms with van der Waals surface area (Å²) in [5.41, 5.74) is 2.20. The summed E-state index contributed by atoms with van der Waals surface area (Å²) >= 11 is 5.98. The van der Waals surface area contributed by atoms with Crippen molar-refractivity contribution in [2.24, 2.45) is 0 Å². The van der Waals surface area contributed by atoms with Gasteiger partial charge in [-0.2, -0.15) is 5.10 Å². The van der Waals surface area contributed by atoms with Gasteiger partial charge < -0.3 is 5.32 Å². The first-order valence-corrected chi connectivity index (χ1v) is 5.39. The Morgan fingerprint density at radius 3 is 3.07 bits per heavy atom. The molecule has 0 radical (unpaired) electrons. The molecule has 2 aromatic rings. The first-order chi connectivity index (χ1) is 7.22. The molecule has 1 atom stereocenters. The largest absolute Gasteiger partial charge is 0.317 e. The summed E-state index contributed by atoms with van der Waals surface area (Å²) in [4.78, 5) is 0. The molecule has 80 valence electrons. The minimum absolute atomic E-state index is 0.436. The van der Waals surface area contributed by atoms with Crippen LogP contribution in [0.15, 0.2) is 18.2 Å². The summed E-state index contributed by atoms with van der Waals surface area (Å²) in [7, 11) is 1.96. The molecule has 1 aromatic carbocycles. The predicted octanol–water partition coefficient (Wildman–Crippen LogP) is 2.37. The van der Waals surface area contributed by atoms with Crippen LogP contribution in [0.25, 0.3) is 10.9 Å². The number of rotatable bonds is 3. The highest BCUT2D eigenvalue weighted by Crippen LogP contribution is 2.23. The van der Waals surface area contributed by atoms with Gasteiger partial charge in [-0.1, -0.05) is 23.7 Å². The number of para-hydroxylation sites is 1. The summed E-state index contributed by atoms with van der Waals surface area (Å²) in [6.07, 6.45) is 0.953. The van der Waals surface area contributed by atoms with Crippen molar-refractivity contribution >= 4 is 22.5 Å². The minimum atomic E-state index is 0.436. The van der Waals surface area contributed by atoms with Crippen LogP contribution < -0.4 is 5.32 Å². The van der Waals surface area contributed by atoms with Crippen molar-refractivity contribution < 1.29 is 0 Å². The van der Waals surface area contributed by atoms with Gasteiger partial charge in [0.15, 0.2) is 0 Å². The maximum atomic E-state index is 5.98. The van der Waals surface area contributed by atoms with Crippen LogP contribution in [-0.2, 0) is 6.42 Å². The fraction of sp³-hybridized carbons (Fsp3) is 0.364. The minimum Gasteiger partial charge on any atom is -0.317 e. The van der Waals surface area contributed by atoms with E-state index >= 15 is 0 Å². The van der Waals surface area contributed by atoms with E-state index in [4.69, 9.17) is 11.6 Å². The fourth-order valence-electron chi connectivity index (χ4n) is 1.66. The van der Waals surface area contributed by atoms with Crippen LogP contribution in [0, 0.1) is 0 Å². The monoisotopic (exact) mass is 223 g/mol. The van der Waals surface area contributed by atoms with Crippen molar-refractivity contribution in [3.8, 4) is 0 Å². The predicted molar refractivity (Wildman–Crippen MR) is 63.3 cm³/mol. The number of aromatic amines is 1. The molecular formula is C11H14ClN3. The van der Waals surface area contributed by atoms with Gasteiger partial charge in [0.25, 0.3) is 0 Å². The molecule has 0 spiro atoms. The highest BCUT2D eigenvalue weighted by molar-refractivity contribution is 6.34. The number of nitrogens with zero attached hydrogens (tertiary/aromatic N) is 1. The summed E-state index contributed by atoms with van der Waals surface area (Å²) in [5, 5.41) is 11.9. The number of hydrogen-bond donors (Lipinski definition) is 2. The average Bonchev–Trinajstić information content (AvgIpc) is 2.62. The number of aromatic nitrogens is 2. The number of hydrogen-bond acceptors (Lipinski definition) is 2. The first kappa shape index (κ1) is 10.5. The van der Waals surface area contributed by atoms with E-state index < -0.39 is 0 Å². The second-order valence-electron chi connectivity index (χ2n) is 3.74. The van der Waals surface area contributed by atoms with Gasteiger partial charge in [0, 0.05) is 11.4 Å². The van der Waals surface area contributed by atoms with Gasteiger partial charge in [-0.3, -0.25) is 5.10 Å². The van der Waals surface area contributed by atoms with E-state index in [0.29, 0.717) is 11.2 Å². The molecule has 1 heterocycles. The number of fused-ring (bicyclic) bond motifs is 1. The third-order valence-corrected chi connectivity index (χ3v) is 2.93. The van der Waals surface area contributed by atoms with Crippen LogP contribution in [0.1, 0.15) is 12.5 Å². The van der Waals surface area contributed by atoms with E-state index in [0.717, 1.165) is 17.3 Å². The average molecular weight is 224 g/mol. The van der Waals surface area contributed by atoms with Gasteiger partial charge in [0.05, 0.1) is 5.52 Å². The maximum absolute atomic E-state index is 5.98. The van der Waals surface area contributed by atoms with Crippen molar-refractivity contribution in [1.82, 2.24) is 15.5 Å². The molecule has 0 aliphatic rings. The molecule has 4 heteroatoms. The zero-order valence-electron chi connectivity index (χ0n) is 8.84.